The van der Waals surface area contributed by atoms with E-state index in [4.69, 9.17) is 10.8 Å². The van der Waals surface area contributed by atoms with Gasteiger partial charge in [0.2, 0.25) is 0 Å². The van der Waals surface area contributed by atoms with E-state index in [1.54, 1.807) is 0 Å². The van der Waals surface area contributed by atoms with Gasteiger partial charge in [0.1, 0.15) is 0 Å². The molecule has 15 heavy (non-hydrogen) atoms. The molecule has 0 bridgehead atoms. The first-order valence-electron chi connectivity index (χ1n) is 5.16. The molecule has 1 saturated carbocycles. The number of fused-ring (bicyclic) bond motifs is 1. The van der Waals surface area contributed by atoms with Crippen molar-refractivity contribution >= 4 is 11.3 Å². The van der Waals surface area contributed by atoms with Gasteiger partial charge in [0.15, 0.2) is 5.65 Å². The van der Waals surface area contributed by atoms with Crippen LogP contribution < -0.4 is 5.73 Å². The number of anilines is 1. The number of aromatic nitrogens is 2. The van der Waals surface area contributed by atoms with Crippen LogP contribution in [-0.2, 0) is 6.61 Å². The van der Waals surface area contributed by atoms with Gasteiger partial charge in [0, 0.05) is 12.4 Å². The van der Waals surface area contributed by atoms with E-state index in [1.807, 2.05) is 16.7 Å². The summed E-state index contributed by atoms with van der Waals surface area (Å²) in [6.07, 6.45) is 6.41. The fourth-order valence-corrected chi connectivity index (χ4v) is 1.91. The second-order valence-corrected chi connectivity index (χ2v) is 4.12. The molecule has 3 N–H and O–H groups in total. The van der Waals surface area contributed by atoms with Crippen molar-refractivity contribution in [3.63, 3.8) is 0 Å². The number of rotatable bonds is 2. The Hall–Kier alpha value is -1.55. The van der Waals surface area contributed by atoms with Crippen molar-refractivity contribution in [1.82, 2.24) is 9.38 Å². The van der Waals surface area contributed by atoms with E-state index >= 15 is 0 Å². The van der Waals surface area contributed by atoms with E-state index in [2.05, 4.69) is 11.2 Å². The van der Waals surface area contributed by atoms with Crippen molar-refractivity contribution in [3.8, 4) is 0 Å². The van der Waals surface area contributed by atoms with E-state index < -0.39 is 0 Å². The molecular formula is C11H13N3O. The Morgan fingerprint density at radius 2 is 2.27 bits per heavy atom. The molecule has 0 atom stereocenters. The number of aliphatic hydroxyl groups excluding tert-OH is 1. The Kier molecular flexibility index (Phi) is 1.73. The molecule has 1 aliphatic carbocycles. The molecule has 0 spiro atoms. The predicted octanol–water partition coefficient (Wildman–Crippen LogP) is 1.29. The second-order valence-electron chi connectivity index (χ2n) is 4.12. The normalized spacial score (nSPS) is 16.1. The maximum Gasteiger partial charge on any atom is 0.160 e. The molecule has 2 aromatic rings. The molecule has 0 aromatic carbocycles. The molecule has 2 heterocycles. The van der Waals surface area contributed by atoms with E-state index in [-0.39, 0.29) is 6.61 Å². The van der Waals surface area contributed by atoms with Gasteiger partial charge < -0.3 is 15.2 Å². The average Bonchev–Trinajstić information content (AvgIpc) is 2.98. The van der Waals surface area contributed by atoms with Crippen molar-refractivity contribution in [3.05, 3.63) is 29.7 Å². The van der Waals surface area contributed by atoms with Crippen LogP contribution in [0.15, 0.2) is 18.5 Å². The highest BCUT2D eigenvalue weighted by Crippen LogP contribution is 2.40. The number of imidazole rings is 1. The predicted molar refractivity (Wildman–Crippen MR) is 57.5 cm³/mol. The minimum atomic E-state index is -0.0418. The molecule has 0 saturated heterocycles. The number of nitrogens with zero attached hydrogens (tertiary/aromatic N) is 2. The molecule has 2 aromatic heterocycles. The highest BCUT2D eigenvalue weighted by atomic mass is 16.3. The Balaban J connectivity index is 2.20. The maximum atomic E-state index is 9.00. The second kappa shape index (κ2) is 2.97. The molecule has 1 aliphatic rings. The van der Waals surface area contributed by atoms with Crippen LogP contribution in [0, 0.1) is 0 Å². The number of hydrogen-bond donors (Lipinski definition) is 2. The van der Waals surface area contributed by atoms with Gasteiger partial charge in [-0.1, -0.05) is 0 Å². The molecule has 4 heteroatoms. The highest BCUT2D eigenvalue weighted by molar-refractivity contribution is 5.66. The van der Waals surface area contributed by atoms with Gasteiger partial charge in [-0.2, -0.15) is 0 Å². The third kappa shape index (κ3) is 1.37. The van der Waals surface area contributed by atoms with Crippen LogP contribution in [0.1, 0.15) is 30.0 Å². The number of nitrogens with two attached hydrogens (primary N) is 1. The molecule has 0 amide bonds. The summed E-state index contributed by atoms with van der Waals surface area (Å²) in [6.45, 7) is -0.0418. The van der Waals surface area contributed by atoms with Gasteiger partial charge in [0.05, 0.1) is 18.0 Å². The van der Waals surface area contributed by atoms with Crippen LogP contribution >= 0.6 is 0 Å². The van der Waals surface area contributed by atoms with Gasteiger partial charge in [-0.25, -0.2) is 4.98 Å². The Bertz CT molecular complexity index is 514. The highest BCUT2D eigenvalue weighted by Gasteiger charge is 2.24. The molecule has 78 valence electrons. The first-order chi connectivity index (χ1) is 7.28. The van der Waals surface area contributed by atoms with Crippen LogP contribution in [0.3, 0.4) is 0 Å². The summed E-state index contributed by atoms with van der Waals surface area (Å²) >= 11 is 0. The number of nitrogen functional groups attached to an aromatic ring is 1. The number of aliphatic hydroxyl groups is 1. The van der Waals surface area contributed by atoms with Crippen LogP contribution in [0.4, 0.5) is 5.69 Å². The van der Waals surface area contributed by atoms with Crippen LogP contribution in [0.5, 0.6) is 0 Å². The lowest BCUT2D eigenvalue weighted by Gasteiger charge is -2.02. The zero-order valence-corrected chi connectivity index (χ0v) is 8.35. The van der Waals surface area contributed by atoms with Crippen LogP contribution in [0.25, 0.3) is 5.65 Å². The zero-order valence-electron chi connectivity index (χ0n) is 8.35. The summed E-state index contributed by atoms with van der Waals surface area (Å²) in [5, 5.41) is 9.00. The Morgan fingerprint density at radius 1 is 1.47 bits per heavy atom. The molecule has 0 unspecified atom stereocenters. The van der Waals surface area contributed by atoms with Gasteiger partial charge >= 0.3 is 0 Å². The third-order valence-corrected chi connectivity index (χ3v) is 2.86. The lowest BCUT2D eigenvalue weighted by atomic mass is 10.2. The standard InChI is InChI=1S/C11H13N3O/c12-10-3-8(7-1-2-7)4-14-5-9(6-15)13-11(10)14/h3-5,7,15H,1-2,6,12H2. The SMILES string of the molecule is Nc1cc(C2CC2)cn2cc(CO)nc12. The van der Waals surface area contributed by atoms with Gasteiger partial charge in [-0.05, 0) is 30.4 Å². The fraction of sp³-hybridized carbons (Fsp3) is 0.364. The van der Waals surface area contributed by atoms with E-state index in [9.17, 15) is 0 Å². The molecule has 4 nitrogen and oxygen atoms in total. The van der Waals surface area contributed by atoms with Gasteiger partial charge in [-0.15, -0.1) is 0 Å². The lowest BCUT2D eigenvalue weighted by Crippen LogP contribution is -1.95. The molecule has 0 radical (unpaired) electrons. The van der Waals surface area contributed by atoms with E-state index in [1.165, 1.54) is 18.4 Å². The number of pyridine rings is 1. The Morgan fingerprint density at radius 3 is 2.93 bits per heavy atom. The monoisotopic (exact) mass is 203 g/mol. The minimum absolute atomic E-state index is 0.0418. The van der Waals surface area contributed by atoms with Crippen LogP contribution in [-0.4, -0.2) is 14.5 Å². The summed E-state index contributed by atoms with van der Waals surface area (Å²) in [7, 11) is 0. The fourth-order valence-electron chi connectivity index (χ4n) is 1.91. The lowest BCUT2D eigenvalue weighted by molar-refractivity contribution is 0.277. The van der Waals surface area contributed by atoms with E-state index in [0.29, 0.717) is 17.3 Å². The van der Waals surface area contributed by atoms with Crippen molar-refractivity contribution in [2.45, 2.75) is 25.4 Å². The van der Waals surface area contributed by atoms with Crippen molar-refractivity contribution in [1.29, 1.82) is 0 Å². The summed E-state index contributed by atoms with van der Waals surface area (Å²) in [4.78, 5) is 4.24. The molecule has 3 rings (SSSR count). The summed E-state index contributed by atoms with van der Waals surface area (Å²) in [5.41, 5.74) is 9.30. The third-order valence-electron chi connectivity index (χ3n) is 2.86. The van der Waals surface area contributed by atoms with Crippen molar-refractivity contribution in [2.24, 2.45) is 0 Å². The summed E-state index contributed by atoms with van der Waals surface area (Å²) < 4.78 is 1.91. The minimum Gasteiger partial charge on any atom is -0.396 e. The number of hydrogen-bond acceptors (Lipinski definition) is 3. The van der Waals surface area contributed by atoms with Gasteiger partial charge in [0.25, 0.3) is 0 Å². The molecular weight excluding hydrogens is 190 g/mol. The summed E-state index contributed by atoms with van der Waals surface area (Å²) in [6, 6.07) is 2.00. The molecule has 1 fully saturated rings. The average molecular weight is 203 g/mol. The zero-order chi connectivity index (χ0) is 10.4. The quantitative estimate of drug-likeness (QED) is 0.773. The smallest absolute Gasteiger partial charge is 0.160 e. The Labute approximate surface area is 87.4 Å². The van der Waals surface area contributed by atoms with Gasteiger partial charge in [-0.3, -0.25) is 0 Å². The summed E-state index contributed by atoms with van der Waals surface area (Å²) in [5.74, 6) is 0.677. The first-order valence-corrected chi connectivity index (χ1v) is 5.16. The topological polar surface area (TPSA) is 63.5 Å². The van der Waals surface area contributed by atoms with Crippen molar-refractivity contribution in [2.75, 3.05) is 5.73 Å². The maximum absolute atomic E-state index is 9.00. The van der Waals surface area contributed by atoms with E-state index in [0.717, 1.165) is 5.65 Å². The first kappa shape index (κ1) is 8.73. The van der Waals surface area contributed by atoms with Crippen molar-refractivity contribution < 1.29 is 5.11 Å². The van der Waals surface area contributed by atoms with Crippen LogP contribution in [0.2, 0.25) is 0 Å². The molecule has 0 aliphatic heterocycles. The largest absolute Gasteiger partial charge is 0.396 e.